The van der Waals surface area contributed by atoms with Crippen LogP contribution in [0.4, 0.5) is 8.78 Å². The van der Waals surface area contributed by atoms with E-state index in [0.717, 1.165) is 28.2 Å². The molecule has 0 heterocycles. The number of hydrogen-bond acceptors (Lipinski definition) is 2. The maximum absolute atomic E-state index is 13.5. The van der Waals surface area contributed by atoms with Gasteiger partial charge < -0.3 is 9.84 Å². The van der Waals surface area contributed by atoms with E-state index in [1.54, 1.807) is 6.07 Å². The molecular weight excluding hydrogens is 330 g/mol. The monoisotopic (exact) mass is 342 g/mol. The van der Waals surface area contributed by atoms with E-state index in [1.807, 2.05) is 13.0 Å². The van der Waals surface area contributed by atoms with Gasteiger partial charge in [0.15, 0.2) is 0 Å². The molecule has 5 heteroatoms. The van der Waals surface area contributed by atoms with Crippen molar-refractivity contribution in [3.05, 3.63) is 63.1 Å². The van der Waals surface area contributed by atoms with Gasteiger partial charge in [0.05, 0.1) is 6.61 Å². The van der Waals surface area contributed by atoms with Crippen molar-refractivity contribution < 1.29 is 18.6 Å². The molecule has 2 aromatic rings. The molecule has 2 nitrogen and oxygen atoms in total. The van der Waals surface area contributed by atoms with Gasteiger partial charge in [-0.1, -0.05) is 15.9 Å². The molecule has 0 saturated carbocycles. The van der Waals surface area contributed by atoms with E-state index in [-0.39, 0.29) is 18.8 Å². The van der Waals surface area contributed by atoms with Crippen molar-refractivity contribution in [3.8, 4) is 5.75 Å². The molecule has 0 saturated heterocycles. The number of halogens is 3. The topological polar surface area (TPSA) is 29.5 Å². The summed E-state index contributed by atoms with van der Waals surface area (Å²) in [6, 6.07) is 6.78. The first-order chi connectivity index (χ1) is 9.51. The summed E-state index contributed by atoms with van der Waals surface area (Å²) < 4.78 is 33.0. The first kappa shape index (κ1) is 14.9. The summed E-state index contributed by atoms with van der Waals surface area (Å²) in [6.45, 7) is 1.53. The number of rotatable bonds is 4. The van der Waals surface area contributed by atoms with Gasteiger partial charge >= 0.3 is 0 Å². The van der Waals surface area contributed by atoms with Gasteiger partial charge in [0.1, 0.15) is 24.0 Å². The highest BCUT2D eigenvalue weighted by Gasteiger charge is 2.11. The van der Waals surface area contributed by atoms with Crippen molar-refractivity contribution in [2.75, 3.05) is 0 Å². The van der Waals surface area contributed by atoms with Crippen LogP contribution in [0.2, 0.25) is 0 Å². The molecule has 0 bridgehead atoms. The zero-order valence-corrected chi connectivity index (χ0v) is 12.4. The predicted molar refractivity (Wildman–Crippen MR) is 75.5 cm³/mol. The lowest BCUT2D eigenvalue weighted by Crippen LogP contribution is -2.03. The van der Waals surface area contributed by atoms with E-state index in [4.69, 9.17) is 4.74 Å². The van der Waals surface area contributed by atoms with Gasteiger partial charge in [-0.25, -0.2) is 8.78 Å². The zero-order chi connectivity index (χ0) is 14.7. The molecule has 0 aliphatic heterocycles. The summed E-state index contributed by atoms with van der Waals surface area (Å²) in [7, 11) is 0. The van der Waals surface area contributed by atoms with Crippen molar-refractivity contribution in [1.82, 2.24) is 0 Å². The molecular formula is C15H13BrF2O2. The Morgan fingerprint density at radius 3 is 2.60 bits per heavy atom. The largest absolute Gasteiger partial charge is 0.488 e. The normalized spacial score (nSPS) is 10.7. The minimum absolute atomic E-state index is 0.0981. The summed E-state index contributed by atoms with van der Waals surface area (Å²) in [5.41, 5.74) is 1.53. The highest BCUT2D eigenvalue weighted by molar-refractivity contribution is 9.10. The molecule has 0 amide bonds. The highest BCUT2D eigenvalue weighted by Crippen LogP contribution is 2.29. The standard InChI is InChI=1S/C15H13BrF2O2/c1-9-4-12(16)5-10(7-19)15(9)20-8-11-6-13(17)2-3-14(11)18/h2-6,19H,7-8H2,1H3. The molecule has 0 aliphatic carbocycles. The van der Waals surface area contributed by atoms with Crippen molar-refractivity contribution in [2.24, 2.45) is 0 Å². The van der Waals surface area contributed by atoms with Crippen molar-refractivity contribution in [1.29, 1.82) is 0 Å². The minimum atomic E-state index is -0.522. The van der Waals surface area contributed by atoms with Gasteiger partial charge in [0.25, 0.3) is 0 Å². The van der Waals surface area contributed by atoms with Gasteiger partial charge in [-0.05, 0) is 42.8 Å². The van der Waals surface area contributed by atoms with Gasteiger partial charge in [-0.2, -0.15) is 0 Å². The Labute approximate surface area is 124 Å². The fourth-order valence-corrected chi connectivity index (χ4v) is 2.55. The second-order valence-electron chi connectivity index (χ2n) is 4.39. The summed E-state index contributed by atoms with van der Waals surface area (Å²) in [5.74, 6) is -0.550. The predicted octanol–water partition coefficient (Wildman–Crippen LogP) is 4.11. The number of ether oxygens (including phenoxy) is 1. The van der Waals surface area contributed by atoms with Crippen LogP contribution < -0.4 is 4.74 Å². The van der Waals surface area contributed by atoms with Gasteiger partial charge in [0, 0.05) is 15.6 Å². The van der Waals surface area contributed by atoms with Crippen LogP contribution in [0.25, 0.3) is 0 Å². The average molecular weight is 343 g/mol. The summed E-state index contributed by atoms with van der Waals surface area (Å²) in [5, 5.41) is 9.33. The number of aliphatic hydroxyl groups is 1. The Kier molecular flexibility index (Phi) is 4.73. The third-order valence-corrected chi connectivity index (χ3v) is 3.32. The maximum atomic E-state index is 13.5. The fraction of sp³-hybridized carbons (Fsp3) is 0.200. The summed E-state index contributed by atoms with van der Waals surface area (Å²) in [4.78, 5) is 0. The molecule has 2 rings (SSSR count). The number of benzene rings is 2. The van der Waals surface area contributed by atoms with Crippen LogP contribution in [0.3, 0.4) is 0 Å². The van der Waals surface area contributed by atoms with Crippen LogP contribution in [0, 0.1) is 18.6 Å². The van der Waals surface area contributed by atoms with Gasteiger partial charge in [-0.15, -0.1) is 0 Å². The first-order valence-corrected chi connectivity index (χ1v) is 6.77. The fourth-order valence-electron chi connectivity index (χ4n) is 1.93. The minimum Gasteiger partial charge on any atom is -0.488 e. The molecule has 0 aliphatic rings. The second kappa shape index (κ2) is 6.33. The molecule has 0 fully saturated rings. The van der Waals surface area contributed by atoms with Crippen LogP contribution in [0.15, 0.2) is 34.8 Å². The Morgan fingerprint density at radius 1 is 1.15 bits per heavy atom. The molecule has 1 N–H and O–H groups in total. The lowest BCUT2D eigenvalue weighted by molar-refractivity contribution is 0.256. The molecule has 2 aromatic carbocycles. The van der Waals surface area contributed by atoms with Crippen LogP contribution in [0.5, 0.6) is 5.75 Å². The quantitative estimate of drug-likeness (QED) is 0.906. The van der Waals surface area contributed by atoms with Crippen LogP contribution in [-0.2, 0) is 13.2 Å². The Balaban J connectivity index is 2.25. The number of aliphatic hydroxyl groups excluding tert-OH is 1. The van der Waals surface area contributed by atoms with E-state index in [2.05, 4.69) is 15.9 Å². The Bertz CT molecular complexity index is 630. The summed E-state index contributed by atoms with van der Waals surface area (Å²) >= 11 is 3.33. The average Bonchev–Trinajstić information content (AvgIpc) is 2.40. The molecule has 0 spiro atoms. The number of aryl methyl sites for hydroxylation is 1. The molecule has 0 atom stereocenters. The zero-order valence-electron chi connectivity index (χ0n) is 10.8. The molecule has 20 heavy (non-hydrogen) atoms. The van der Waals surface area contributed by atoms with Crippen LogP contribution in [-0.4, -0.2) is 5.11 Å². The van der Waals surface area contributed by atoms with Crippen LogP contribution in [0.1, 0.15) is 16.7 Å². The molecule has 106 valence electrons. The SMILES string of the molecule is Cc1cc(Br)cc(CO)c1OCc1cc(F)ccc1F. The Morgan fingerprint density at radius 2 is 1.90 bits per heavy atom. The molecule has 0 unspecified atom stereocenters. The maximum Gasteiger partial charge on any atom is 0.130 e. The summed E-state index contributed by atoms with van der Waals surface area (Å²) in [6.07, 6.45) is 0. The van der Waals surface area contributed by atoms with E-state index < -0.39 is 11.6 Å². The second-order valence-corrected chi connectivity index (χ2v) is 5.31. The third kappa shape index (κ3) is 3.35. The van der Waals surface area contributed by atoms with Crippen molar-refractivity contribution >= 4 is 15.9 Å². The Hall–Kier alpha value is -1.46. The van der Waals surface area contributed by atoms with Crippen molar-refractivity contribution in [3.63, 3.8) is 0 Å². The lowest BCUT2D eigenvalue weighted by Gasteiger charge is -2.14. The number of hydrogen-bond donors (Lipinski definition) is 1. The first-order valence-electron chi connectivity index (χ1n) is 5.98. The van der Waals surface area contributed by atoms with Crippen LogP contribution >= 0.6 is 15.9 Å². The lowest BCUT2D eigenvalue weighted by atomic mass is 10.1. The van der Waals surface area contributed by atoms with E-state index in [9.17, 15) is 13.9 Å². The van der Waals surface area contributed by atoms with E-state index in [1.165, 1.54) is 0 Å². The third-order valence-electron chi connectivity index (χ3n) is 2.87. The molecule has 0 radical (unpaired) electrons. The smallest absolute Gasteiger partial charge is 0.130 e. The van der Waals surface area contributed by atoms with E-state index in [0.29, 0.717) is 11.3 Å². The molecule has 0 aromatic heterocycles. The van der Waals surface area contributed by atoms with E-state index >= 15 is 0 Å². The van der Waals surface area contributed by atoms with Gasteiger partial charge in [-0.3, -0.25) is 0 Å². The van der Waals surface area contributed by atoms with Gasteiger partial charge in [0.2, 0.25) is 0 Å². The highest BCUT2D eigenvalue weighted by atomic mass is 79.9. The van der Waals surface area contributed by atoms with Crippen molar-refractivity contribution in [2.45, 2.75) is 20.1 Å².